The van der Waals surface area contributed by atoms with Gasteiger partial charge in [-0.3, -0.25) is 9.69 Å². The number of nitrogens with two attached hydrogens (primary N) is 1. The van der Waals surface area contributed by atoms with Gasteiger partial charge in [-0.1, -0.05) is 26.0 Å². The van der Waals surface area contributed by atoms with Crippen LogP contribution in [0.25, 0.3) is 0 Å². The van der Waals surface area contributed by atoms with E-state index in [0.29, 0.717) is 11.8 Å². The summed E-state index contributed by atoms with van der Waals surface area (Å²) in [4.78, 5) is 15.0. The molecule has 0 heterocycles. The van der Waals surface area contributed by atoms with E-state index >= 15 is 0 Å². The van der Waals surface area contributed by atoms with Gasteiger partial charge in [-0.15, -0.1) is 0 Å². The molecule has 3 rings (SSSR count). The minimum atomic E-state index is 0.000174. The van der Waals surface area contributed by atoms with Crippen molar-refractivity contribution in [2.75, 3.05) is 18.4 Å². The van der Waals surface area contributed by atoms with Crippen LogP contribution in [0.4, 0.5) is 5.69 Å². The Morgan fingerprint density at radius 3 is 2.65 bits per heavy atom. The van der Waals surface area contributed by atoms with Crippen LogP contribution in [0.1, 0.15) is 38.7 Å². The van der Waals surface area contributed by atoms with Gasteiger partial charge in [-0.05, 0) is 61.9 Å². The molecule has 2 fully saturated rings. The van der Waals surface area contributed by atoms with E-state index in [1.165, 1.54) is 18.4 Å². The van der Waals surface area contributed by atoms with Gasteiger partial charge in [0.25, 0.3) is 0 Å². The third-order valence-electron chi connectivity index (χ3n) is 5.78. The molecule has 4 nitrogen and oxygen atoms in total. The summed E-state index contributed by atoms with van der Waals surface area (Å²) in [6.07, 6.45) is 3.51. The molecular weight excluding hydrogens is 286 g/mol. The monoisotopic (exact) mass is 315 g/mol. The molecule has 0 saturated heterocycles. The number of fused-ring (bicyclic) bond motifs is 2. The van der Waals surface area contributed by atoms with E-state index in [2.05, 4.69) is 36.2 Å². The number of carbonyl (C=O) groups is 1. The third kappa shape index (κ3) is 3.43. The first-order chi connectivity index (χ1) is 11.1. The molecular formula is C19H29N3O. The molecule has 0 radical (unpaired) electrons. The average molecular weight is 315 g/mol. The van der Waals surface area contributed by atoms with E-state index in [9.17, 15) is 4.79 Å². The zero-order chi connectivity index (χ0) is 16.4. The zero-order valence-corrected chi connectivity index (χ0v) is 14.3. The van der Waals surface area contributed by atoms with E-state index in [0.717, 1.165) is 31.7 Å². The maximum absolute atomic E-state index is 12.7. The minimum Gasteiger partial charge on any atom is -0.327 e. The molecule has 2 aliphatic carbocycles. The van der Waals surface area contributed by atoms with Crippen LogP contribution in [-0.2, 0) is 11.3 Å². The Morgan fingerprint density at radius 2 is 2.00 bits per heavy atom. The van der Waals surface area contributed by atoms with E-state index < -0.39 is 0 Å². The van der Waals surface area contributed by atoms with Crippen molar-refractivity contribution in [1.82, 2.24) is 4.90 Å². The van der Waals surface area contributed by atoms with Crippen LogP contribution >= 0.6 is 0 Å². The first-order valence-electron chi connectivity index (χ1n) is 9.00. The van der Waals surface area contributed by atoms with Crippen LogP contribution in [0, 0.1) is 17.8 Å². The first-order valence-corrected chi connectivity index (χ1v) is 9.00. The van der Waals surface area contributed by atoms with Crippen LogP contribution in [0.3, 0.4) is 0 Å². The summed E-state index contributed by atoms with van der Waals surface area (Å²) >= 11 is 0. The number of carbonyl (C=O) groups excluding carboxylic acids is 1. The summed E-state index contributed by atoms with van der Waals surface area (Å²) in [7, 11) is 0. The van der Waals surface area contributed by atoms with Crippen molar-refractivity contribution in [3.8, 4) is 0 Å². The molecule has 0 aliphatic heterocycles. The highest BCUT2D eigenvalue weighted by molar-refractivity contribution is 5.93. The Kier molecular flexibility index (Phi) is 5.02. The van der Waals surface area contributed by atoms with Gasteiger partial charge >= 0.3 is 0 Å². The van der Waals surface area contributed by atoms with Gasteiger partial charge in [0.2, 0.25) is 5.91 Å². The topological polar surface area (TPSA) is 58.4 Å². The second-order valence-corrected chi connectivity index (χ2v) is 7.09. The molecule has 1 aromatic carbocycles. The number of nitrogens with zero attached hydrogens (tertiary/aromatic N) is 1. The maximum atomic E-state index is 12.7. The molecule has 0 spiro atoms. The molecule has 4 atom stereocenters. The smallest absolute Gasteiger partial charge is 0.229 e. The predicted octanol–water partition coefficient (Wildman–Crippen LogP) is 2.84. The molecule has 0 aromatic heterocycles. The molecule has 23 heavy (non-hydrogen) atoms. The summed E-state index contributed by atoms with van der Waals surface area (Å²) in [5, 5.41) is 3.11. The molecule has 4 heteroatoms. The summed E-state index contributed by atoms with van der Waals surface area (Å²) in [6, 6.07) is 8.26. The average Bonchev–Trinajstić information content (AvgIpc) is 3.13. The second-order valence-electron chi connectivity index (χ2n) is 7.09. The van der Waals surface area contributed by atoms with E-state index in [1.807, 2.05) is 12.1 Å². The van der Waals surface area contributed by atoms with Crippen molar-refractivity contribution in [2.24, 2.45) is 23.5 Å². The Balaban J connectivity index is 1.65. The van der Waals surface area contributed by atoms with Crippen LogP contribution in [0.15, 0.2) is 24.3 Å². The van der Waals surface area contributed by atoms with Crippen LogP contribution < -0.4 is 11.1 Å². The number of rotatable bonds is 6. The summed E-state index contributed by atoms with van der Waals surface area (Å²) in [5.74, 6) is 1.17. The lowest BCUT2D eigenvalue weighted by Gasteiger charge is -2.27. The van der Waals surface area contributed by atoms with Crippen molar-refractivity contribution >= 4 is 11.6 Å². The fraction of sp³-hybridized carbons (Fsp3) is 0.632. The van der Waals surface area contributed by atoms with Crippen LogP contribution in [0.5, 0.6) is 0 Å². The van der Waals surface area contributed by atoms with Crippen molar-refractivity contribution in [3.05, 3.63) is 29.8 Å². The molecule has 2 aliphatic rings. The Bertz CT molecular complexity index is 553. The molecule has 126 valence electrons. The number of anilines is 1. The molecule has 2 bridgehead atoms. The van der Waals surface area contributed by atoms with E-state index in [-0.39, 0.29) is 17.9 Å². The SMILES string of the molecule is CCN(CC)Cc1cccc(NC(=O)C2C3CCC(C3)C2N)c1. The predicted molar refractivity (Wildman–Crippen MR) is 94.0 cm³/mol. The van der Waals surface area contributed by atoms with Crippen LogP contribution in [-0.4, -0.2) is 29.9 Å². The van der Waals surface area contributed by atoms with E-state index in [4.69, 9.17) is 5.73 Å². The standard InChI is InChI=1S/C19H29N3O/c1-3-22(4-2)12-13-6-5-7-16(10-13)21-19(23)17-14-8-9-15(11-14)18(17)20/h5-7,10,14-15,17-18H,3-4,8-9,11-12,20H2,1-2H3,(H,21,23). The van der Waals surface area contributed by atoms with Gasteiger partial charge in [0.15, 0.2) is 0 Å². The van der Waals surface area contributed by atoms with Gasteiger partial charge in [0, 0.05) is 18.3 Å². The van der Waals surface area contributed by atoms with Crippen molar-refractivity contribution in [3.63, 3.8) is 0 Å². The van der Waals surface area contributed by atoms with Crippen LogP contribution in [0.2, 0.25) is 0 Å². The quantitative estimate of drug-likeness (QED) is 0.848. The van der Waals surface area contributed by atoms with Crippen molar-refractivity contribution in [2.45, 2.75) is 45.7 Å². The summed E-state index contributed by atoms with van der Waals surface area (Å²) in [6.45, 7) is 7.34. The maximum Gasteiger partial charge on any atom is 0.229 e. The first kappa shape index (κ1) is 16.5. The molecule has 1 amide bonds. The van der Waals surface area contributed by atoms with Gasteiger partial charge in [0.05, 0.1) is 5.92 Å². The molecule has 2 saturated carbocycles. The van der Waals surface area contributed by atoms with Gasteiger partial charge in [0.1, 0.15) is 0 Å². The summed E-state index contributed by atoms with van der Waals surface area (Å²) in [5.41, 5.74) is 8.42. The number of hydrogen-bond acceptors (Lipinski definition) is 3. The Labute approximate surface area is 139 Å². The second kappa shape index (κ2) is 7.02. The van der Waals surface area contributed by atoms with Gasteiger partial charge in [-0.2, -0.15) is 0 Å². The normalized spacial score (nSPS) is 29.2. The zero-order valence-electron chi connectivity index (χ0n) is 14.3. The highest BCUT2D eigenvalue weighted by Gasteiger charge is 2.49. The number of nitrogens with one attached hydrogen (secondary N) is 1. The third-order valence-corrected chi connectivity index (χ3v) is 5.78. The van der Waals surface area contributed by atoms with E-state index in [1.54, 1.807) is 0 Å². The van der Waals surface area contributed by atoms with Crippen molar-refractivity contribution < 1.29 is 4.79 Å². The molecule has 4 unspecified atom stereocenters. The van der Waals surface area contributed by atoms with Crippen molar-refractivity contribution in [1.29, 1.82) is 0 Å². The fourth-order valence-electron chi connectivity index (χ4n) is 4.40. The lowest BCUT2D eigenvalue weighted by Crippen LogP contribution is -2.42. The fourth-order valence-corrected chi connectivity index (χ4v) is 4.40. The Morgan fingerprint density at radius 1 is 1.26 bits per heavy atom. The summed E-state index contributed by atoms with van der Waals surface area (Å²) < 4.78 is 0. The molecule has 3 N–H and O–H groups in total. The molecule has 1 aromatic rings. The van der Waals surface area contributed by atoms with Gasteiger partial charge < -0.3 is 11.1 Å². The number of amides is 1. The van der Waals surface area contributed by atoms with Gasteiger partial charge in [-0.25, -0.2) is 0 Å². The highest BCUT2D eigenvalue weighted by Crippen LogP contribution is 2.47. The number of hydrogen-bond donors (Lipinski definition) is 2. The largest absolute Gasteiger partial charge is 0.327 e. The highest BCUT2D eigenvalue weighted by atomic mass is 16.2. The lowest BCUT2D eigenvalue weighted by molar-refractivity contribution is -0.121. The number of benzene rings is 1. The lowest BCUT2D eigenvalue weighted by atomic mass is 9.84. The minimum absolute atomic E-state index is 0.000174. The Hall–Kier alpha value is -1.39.